The van der Waals surface area contributed by atoms with E-state index in [1.165, 1.54) is 0 Å². The van der Waals surface area contributed by atoms with Crippen LogP contribution < -0.4 is 10.6 Å². The maximum absolute atomic E-state index is 11.9. The smallest absolute Gasteiger partial charge is 0.407 e. The summed E-state index contributed by atoms with van der Waals surface area (Å²) in [4.78, 5) is 11.9. The highest BCUT2D eigenvalue weighted by molar-refractivity contribution is 5.68. The van der Waals surface area contributed by atoms with Crippen LogP contribution in [0.5, 0.6) is 0 Å². The van der Waals surface area contributed by atoms with E-state index in [9.17, 15) is 4.79 Å². The second-order valence-electron chi connectivity index (χ2n) is 7.68. The van der Waals surface area contributed by atoms with Gasteiger partial charge in [0.1, 0.15) is 5.60 Å². The van der Waals surface area contributed by atoms with E-state index in [4.69, 9.17) is 9.47 Å². The Balaban J connectivity index is 2.45. The third-order valence-corrected chi connectivity index (χ3v) is 4.00. The molecule has 3 unspecified atom stereocenters. The van der Waals surface area contributed by atoms with Crippen molar-refractivity contribution in [1.82, 2.24) is 10.6 Å². The van der Waals surface area contributed by atoms with Gasteiger partial charge in [-0.05, 0) is 52.4 Å². The van der Waals surface area contributed by atoms with Crippen LogP contribution in [0, 0.1) is 5.92 Å². The van der Waals surface area contributed by atoms with Gasteiger partial charge in [0, 0.05) is 25.2 Å². The molecular formula is C17H34N2O3. The van der Waals surface area contributed by atoms with Crippen LogP contribution in [0.1, 0.15) is 60.3 Å². The molecule has 0 heterocycles. The summed E-state index contributed by atoms with van der Waals surface area (Å²) in [7, 11) is 1.74. The zero-order valence-corrected chi connectivity index (χ0v) is 15.1. The van der Waals surface area contributed by atoms with Crippen LogP contribution in [0.15, 0.2) is 0 Å². The van der Waals surface area contributed by atoms with Crippen molar-refractivity contribution in [3.63, 3.8) is 0 Å². The molecule has 5 nitrogen and oxygen atoms in total. The molecule has 0 aliphatic heterocycles. The molecule has 1 saturated carbocycles. The Labute approximate surface area is 135 Å². The van der Waals surface area contributed by atoms with Gasteiger partial charge >= 0.3 is 6.09 Å². The topological polar surface area (TPSA) is 59.6 Å². The first kappa shape index (κ1) is 19.2. The first-order chi connectivity index (χ1) is 10.2. The number of ether oxygens (including phenoxy) is 2. The van der Waals surface area contributed by atoms with Crippen molar-refractivity contribution in [2.24, 2.45) is 5.92 Å². The zero-order valence-electron chi connectivity index (χ0n) is 15.1. The van der Waals surface area contributed by atoms with Gasteiger partial charge in [0.2, 0.25) is 0 Å². The van der Waals surface area contributed by atoms with E-state index in [0.29, 0.717) is 18.0 Å². The number of amides is 1. The lowest BCUT2D eigenvalue weighted by molar-refractivity contribution is 0.0485. The van der Waals surface area contributed by atoms with Crippen LogP contribution in [0.25, 0.3) is 0 Å². The molecule has 1 rings (SSSR count). The Hall–Kier alpha value is -0.810. The molecule has 1 aliphatic carbocycles. The highest BCUT2D eigenvalue weighted by Gasteiger charge is 2.27. The lowest BCUT2D eigenvalue weighted by atomic mass is 9.89. The summed E-state index contributed by atoms with van der Waals surface area (Å²) in [6.45, 7) is 10.8. The number of rotatable bonds is 6. The highest BCUT2D eigenvalue weighted by Crippen LogP contribution is 2.20. The average molecular weight is 314 g/mol. The molecule has 130 valence electrons. The number of alkyl carbamates (subject to hydrolysis) is 1. The van der Waals surface area contributed by atoms with Gasteiger partial charge in [-0.3, -0.25) is 0 Å². The second-order valence-corrected chi connectivity index (χ2v) is 7.68. The highest BCUT2D eigenvalue weighted by atomic mass is 16.6. The molecule has 3 atom stereocenters. The Morgan fingerprint density at radius 3 is 2.41 bits per heavy atom. The predicted octanol–water partition coefficient (Wildman–Crippen LogP) is 3.08. The normalized spacial score (nSPS) is 24.1. The minimum atomic E-state index is -0.447. The molecule has 0 aromatic carbocycles. The van der Waals surface area contributed by atoms with Crippen LogP contribution in [-0.2, 0) is 9.47 Å². The van der Waals surface area contributed by atoms with Gasteiger partial charge in [0.15, 0.2) is 0 Å². The van der Waals surface area contributed by atoms with E-state index in [2.05, 4.69) is 24.5 Å². The number of nitrogens with one attached hydrogen (secondary N) is 2. The second kappa shape index (κ2) is 8.73. The molecule has 0 aromatic rings. The van der Waals surface area contributed by atoms with Crippen molar-refractivity contribution in [1.29, 1.82) is 0 Å². The van der Waals surface area contributed by atoms with E-state index < -0.39 is 5.60 Å². The third kappa shape index (κ3) is 7.45. The number of methoxy groups -OCH3 is 1. The summed E-state index contributed by atoms with van der Waals surface area (Å²) in [5.74, 6) is 0.527. The van der Waals surface area contributed by atoms with Crippen molar-refractivity contribution < 1.29 is 14.3 Å². The summed E-state index contributed by atoms with van der Waals surface area (Å²) in [6.07, 6.45) is 3.94. The largest absolute Gasteiger partial charge is 0.444 e. The van der Waals surface area contributed by atoms with Gasteiger partial charge in [0.25, 0.3) is 0 Å². The quantitative estimate of drug-likeness (QED) is 0.791. The first-order valence-electron chi connectivity index (χ1n) is 8.45. The van der Waals surface area contributed by atoms with Crippen molar-refractivity contribution in [3.8, 4) is 0 Å². The minimum Gasteiger partial charge on any atom is -0.444 e. The molecular weight excluding hydrogens is 280 g/mol. The summed E-state index contributed by atoms with van der Waals surface area (Å²) < 4.78 is 10.6. The summed E-state index contributed by atoms with van der Waals surface area (Å²) in [6, 6.07) is 0.975. The zero-order chi connectivity index (χ0) is 16.8. The number of hydrogen-bond donors (Lipinski definition) is 2. The molecule has 5 heteroatoms. The summed E-state index contributed by atoms with van der Waals surface area (Å²) in [5, 5.41) is 6.70. The first-order valence-corrected chi connectivity index (χ1v) is 8.45. The SMILES string of the molecule is COCC(NC1CCCC(NC(=O)OC(C)(C)C)C1)C(C)C. The number of carbonyl (C=O) groups excluding carboxylic acids is 1. The Bertz CT molecular complexity index is 339. The lowest BCUT2D eigenvalue weighted by Crippen LogP contribution is -2.50. The Morgan fingerprint density at radius 1 is 1.23 bits per heavy atom. The molecule has 22 heavy (non-hydrogen) atoms. The van der Waals surface area contributed by atoms with Crippen molar-refractivity contribution in [2.75, 3.05) is 13.7 Å². The van der Waals surface area contributed by atoms with Gasteiger partial charge in [-0.2, -0.15) is 0 Å². The third-order valence-electron chi connectivity index (χ3n) is 4.00. The molecule has 1 aliphatic rings. The van der Waals surface area contributed by atoms with Gasteiger partial charge < -0.3 is 20.1 Å². The number of hydrogen-bond acceptors (Lipinski definition) is 4. The molecule has 2 N–H and O–H groups in total. The molecule has 0 bridgehead atoms. The van der Waals surface area contributed by atoms with Gasteiger partial charge in [-0.25, -0.2) is 4.79 Å². The standard InChI is InChI=1S/C17H34N2O3/c1-12(2)15(11-21-6)18-13-8-7-9-14(10-13)19-16(20)22-17(3,4)5/h12-15,18H,7-11H2,1-6H3,(H,19,20). The minimum absolute atomic E-state index is 0.191. The summed E-state index contributed by atoms with van der Waals surface area (Å²) in [5.41, 5.74) is -0.447. The van der Waals surface area contributed by atoms with Crippen molar-refractivity contribution in [2.45, 2.75) is 84.0 Å². The molecule has 1 fully saturated rings. The van der Waals surface area contributed by atoms with E-state index in [1.807, 2.05) is 20.8 Å². The van der Waals surface area contributed by atoms with Crippen LogP contribution in [0.2, 0.25) is 0 Å². The maximum Gasteiger partial charge on any atom is 0.407 e. The number of carbonyl (C=O) groups is 1. The fourth-order valence-corrected chi connectivity index (χ4v) is 2.86. The molecule has 0 radical (unpaired) electrons. The predicted molar refractivity (Wildman–Crippen MR) is 89.1 cm³/mol. The fourth-order valence-electron chi connectivity index (χ4n) is 2.86. The van der Waals surface area contributed by atoms with Crippen LogP contribution in [0.4, 0.5) is 4.79 Å². The van der Waals surface area contributed by atoms with Crippen molar-refractivity contribution >= 4 is 6.09 Å². The molecule has 1 amide bonds. The fraction of sp³-hybridized carbons (Fsp3) is 0.941. The molecule has 0 spiro atoms. The van der Waals surface area contributed by atoms with Crippen molar-refractivity contribution in [3.05, 3.63) is 0 Å². The maximum atomic E-state index is 11.9. The van der Waals surface area contributed by atoms with E-state index >= 15 is 0 Å². The van der Waals surface area contributed by atoms with E-state index in [1.54, 1.807) is 7.11 Å². The van der Waals surface area contributed by atoms with E-state index in [0.717, 1.165) is 32.3 Å². The van der Waals surface area contributed by atoms with Gasteiger partial charge in [-0.1, -0.05) is 13.8 Å². The Morgan fingerprint density at radius 2 is 1.86 bits per heavy atom. The van der Waals surface area contributed by atoms with E-state index in [-0.39, 0.29) is 12.1 Å². The Kier molecular flexibility index (Phi) is 7.63. The van der Waals surface area contributed by atoms with Crippen LogP contribution in [-0.4, -0.2) is 43.5 Å². The molecule has 0 aromatic heterocycles. The molecule has 0 saturated heterocycles. The van der Waals surface area contributed by atoms with Crippen LogP contribution in [0.3, 0.4) is 0 Å². The monoisotopic (exact) mass is 314 g/mol. The lowest BCUT2D eigenvalue weighted by Gasteiger charge is -2.34. The van der Waals surface area contributed by atoms with Gasteiger partial charge in [-0.15, -0.1) is 0 Å². The van der Waals surface area contributed by atoms with Gasteiger partial charge in [0.05, 0.1) is 6.61 Å². The average Bonchev–Trinajstić information content (AvgIpc) is 2.36. The summed E-state index contributed by atoms with van der Waals surface area (Å²) >= 11 is 0. The van der Waals surface area contributed by atoms with Crippen LogP contribution >= 0.6 is 0 Å².